The monoisotopic (exact) mass is 569 g/mol. The standard InChI is InChI=1S/C32H36FN7O2/c1-21-6-3-7-23-8-4-10-28(29(21)23)38-15-12-26-27(19-38)36-32(42-20-24-9-5-14-35-24)37-30(26)39-16-17-40(31(41)22(2)33)25(18-39)11-13-34/h3-4,6-8,10,24-25,35H,2,5,9,11-12,14-20H2,1H3/t24-,25-/m0/s1. The molecule has 2 atom stereocenters. The summed E-state index contributed by atoms with van der Waals surface area (Å²) in [4.78, 5) is 28.2. The molecule has 0 aliphatic carbocycles. The van der Waals surface area contributed by atoms with Crippen LogP contribution < -0.4 is 19.9 Å². The van der Waals surface area contributed by atoms with Crippen LogP contribution in [0.1, 0.15) is 36.1 Å². The number of nitrogens with one attached hydrogen (secondary N) is 1. The molecule has 4 heterocycles. The summed E-state index contributed by atoms with van der Waals surface area (Å²) in [6.45, 7) is 9.30. The number of aryl methyl sites for hydroxylation is 1. The molecule has 1 N–H and O–H groups in total. The lowest BCUT2D eigenvalue weighted by Crippen LogP contribution is -2.55. The second-order valence-electron chi connectivity index (χ2n) is 11.3. The molecule has 2 saturated heterocycles. The van der Waals surface area contributed by atoms with Crippen LogP contribution in [-0.2, 0) is 17.8 Å². The van der Waals surface area contributed by atoms with Gasteiger partial charge in [0.15, 0.2) is 5.83 Å². The number of fused-ring (bicyclic) bond motifs is 2. The van der Waals surface area contributed by atoms with Crippen molar-refractivity contribution in [3.63, 3.8) is 0 Å². The number of amides is 1. The van der Waals surface area contributed by atoms with E-state index in [1.165, 1.54) is 26.9 Å². The molecule has 0 unspecified atom stereocenters. The Balaban J connectivity index is 1.33. The zero-order valence-corrected chi connectivity index (χ0v) is 24.0. The number of ether oxygens (including phenoxy) is 1. The molecule has 2 fully saturated rings. The highest BCUT2D eigenvalue weighted by atomic mass is 19.1. The highest BCUT2D eigenvalue weighted by molar-refractivity contribution is 5.97. The lowest BCUT2D eigenvalue weighted by molar-refractivity contribution is -0.131. The molecule has 3 aliphatic rings. The smallest absolute Gasteiger partial charge is 0.318 e. The van der Waals surface area contributed by atoms with Gasteiger partial charge in [-0.05, 0) is 49.7 Å². The Kier molecular flexibility index (Phi) is 7.94. The predicted octanol–water partition coefficient (Wildman–Crippen LogP) is 4.05. The first kappa shape index (κ1) is 27.9. The minimum Gasteiger partial charge on any atom is -0.462 e. The fourth-order valence-electron chi connectivity index (χ4n) is 6.51. The van der Waals surface area contributed by atoms with Crippen molar-refractivity contribution < 1.29 is 13.9 Å². The highest BCUT2D eigenvalue weighted by Gasteiger charge is 2.35. The molecule has 1 amide bonds. The molecular weight excluding hydrogens is 533 g/mol. The molecule has 3 aliphatic heterocycles. The van der Waals surface area contributed by atoms with E-state index >= 15 is 0 Å². The number of carbonyl (C=O) groups is 1. The summed E-state index contributed by atoms with van der Waals surface area (Å²) in [7, 11) is 0. The van der Waals surface area contributed by atoms with Crippen molar-refractivity contribution in [1.82, 2.24) is 20.2 Å². The maximum Gasteiger partial charge on any atom is 0.318 e. The van der Waals surface area contributed by atoms with Crippen LogP contribution in [0, 0.1) is 18.3 Å². The van der Waals surface area contributed by atoms with Crippen LogP contribution in [-0.4, -0.2) is 72.2 Å². The summed E-state index contributed by atoms with van der Waals surface area (Å²) in [6.07, 6.45) is 3.00. The molecule has 2 aromatic carbocycles. The van der Waals surface area contributed by atoms with E-state index < -0.39 is 17.8 Å². The first-order valence-electron chi connectivity index (χ1n) is 14.7. The van der Waals surface area contributed by atoms with Crippen molar-refractivity contribution in [3.8, 4) is 12.1 Å². The average Bonchev–Trinajstić information content (AvgIpc) is 3.53. The van der Waals surface area contributed by atoms with Crippen LogP contribution in [0.15, 0.2) is 48.8 Å². The third-order valence-corrected chi connectivity index (χ3v) is 8.63. The normalized spacial score (nSPS) is 20.4. The molecule has 0 spiro atoms. The number of piperazine rings is 1. The number of benzene rings is 2. The van der Waals surface area contributed by atoms with Gasteiger partial charge in [0.25, 0.3) is 5.91 Å². The van der Waals surface area contributed by atoms with Crippen molar-refractivity contribution in [1.29, 1.82) is 5.26 Å². The van der Waals surface area contributed by atoms with Crippen LogP contribution in [0.25, 0.3) is 10.8 Å². The van der Waals surface area contributed by atoms with Crippen molar-refractivity contribution >= 4 is 28.2 Å². The first-order valence-corrected chi connectivity index (χ1v) is 14.7. The largest absolute Gasteiger partial charge is 0.462 e. The van der Waals surface area contributed by atoms with E-state index in [0.29, 0.717) is 32.3 Å². The fourth-order valence-corrected chi connectivity index (χ4v) is 6.51. The molecule has 0 saturated carbocycles. The van der Waals surface area contributed by atoms with Gasteiger partial charge in [0.1, 0.15) is 12.4 Å². The topological polar surface area (TPSA) is 97.6 Å². The third-order valence-electron chi connectivity index (χ3n) is 8.63. The number of aromatic nitrogens is 2. The van der Waals surface area contributed by atoms with Gasteiger partial charge in [-0.2, -0.15) is 15.2 Å². The van der Waals surface area contributed by atoms with Crippen LogP contribution in [0.2, 0.25) is 0 Å². The summed E-state index contributed by atoms with van der Waals surface area (Å²) in [5, 5.41) is 15.4. The number of anilines is 2. The van der Waals surface area contributed by atoms with Gasteiger partial charge in [0, 0.05) is 48.9 Å². The number of carbonyl (C=O) groups excluding carboxylic acids is 1. The van der Waals surface area contributed by atoms with E-state index in [9.17, 15) is 14.4 Å². The molecule has 9 nitrogen and oxygen atoms in total. The van der Waals surface area contributed by atoms with E-state index in [1.807, 2.05) is 0 Å². The molecule has 0 bridgehead atoms. The Bertz CT molecular complexity index is 1540. The number of hydrogen-bond acceptors (Lipinski definition) is 8. The van der Waals surface area contributed by atoms with Crippen molar-refractivity contribution in [2.75, 3.05) is 49.1 Å². The second-order valence-corrected chi connectivity index (χ2v) is 11.3. The number of rotatable bonds is 7. The molecule has 3 aromatic rings. The van der Waals surface area contributed by atoms with Gasteiger partial charge in [-0.15, -0.1) is 0 Å². The Labute approximate surface area is 245 Å². The van der Waals surface area contributed by atoms with Gasteiger partial charge in [-0.3, -0.25) is 4.79 Å². The molecule has 42 heavy (non-hydrogen) atoms. The van der Waals surface area contributed by atoms with E-state index in [4.69, 9.17) is 14.7 Å². The summed E-state index contributed by atoms with van der Waals surface area (Å²) in [5.41, 5.74) is 4.39. The van der Waals surface area contributed by atoms with Gasteiger partial charge in [0.2, 0.25) is 0 Å². The molecule has 10 heteroatoms. The number of hydrogen-bond donors (Lipinski definition) is 1. The number of nitriles is 1. The lowest BCUT2D eigenvalue weighted by Gasteiger charge is -2.42. The van der Waals surface area contributed by atoms with Crippen molar-refractivity contribution in [2.24, 2.45) is 0 Å². The summed E-state index contributed by atoms with van der Waals surface area (Å²) < 4.78 is 19.9. The van der Waals surface area contributed by atoms with E-state index in [2.05, 4.69) is 71.1 Å². The Hall–Kier alpha value is -4.23. The van der Waals surface area contributed by atoms with Gasteiger partial charge >= 0.3 is 6.01 Å². The van der Waals surface area contributed by atoms with Crippen LogP contribution in [0.5, 0.6) is 6.01 Å². The van der Waals surface area contributed by atoms with Crippen molar-refractivity contribution in [3.05, 3.63) is 65.6 Å². The zero-order valence-electron chi connectivity index (χ0n) is 24.0. The minimum absolute atomic E-state index is 0.0910. The summed E-state index contributed by atoms with van der Waals surface area (Å²) in [5.74, 6) is -0.989. The quantitative estimate of drug-likeness (QED) is 0.426. The summed E-state index contributed by atoms with van der Waals surface area (Å²) in [6, 6.07) is 15.1. The van der Waals surface area contributed by atoms with Crippen LogP contribution >= 0.6 is 0 Å². The first-order chi connectivity index (χ1) is 20.4. The van der Waals surface area contributed by atoms with Gasteiger partial charge in [-0.25, -0.2) is 4.39 Å². The maximum atomic E-state index is 13.8. The van der Waals surface area contributed by atoms with Gasteiger partial charge in [-0.1, -0.05) is 36.9 Å². The van der Waals surface area contributed by atoms with Crippen LogP contribution in [0.4, 0.5) is 15.9 Å². The van der Waals surface area contributed by atoms with E-state index in [0.717, 1.165) is 49.4 Å². The number of halogens is 1. The third kappa shape index (κ3) is 5.49. The second kappa shape index (κ2) is 11.9. The molecular formula is C32H36FN7O2. The SMILES string of the molecule is C=C(F)C(=O)N1CCN(c2nc(OC[C@@H]3CCCN3)nc3c2CCN(c2cccc4cccc(C)c24)C3)C[C@@H]1CC#N. The molecule has 1 aromatic heterocycles. The van der Waals surface area contributed by atoms with E-state index in [1.54, 1.807) is 0 Å². The lowest BCUT2D eigenvalue weighted by atomic mass is 9.99. The number of nitrogens with zero attached hydrogens (tertiary/aromatic N) is 6. The van der Waals surface area contributed by atoms with Crippen molar-refractivity contribution in [2.45, 2.75) is 51.2 Å². The van der Waals surface area contributed by atoms with E-state index in [-0.39, 0.29) is 19.0 Å². The maximum absolute atomic E-state index is 13.8. The summed E-state index contributed by atoms with van der Waals surface area (Å²) >= 11 is 0. The Morgan fingerprint density at radius 3 is 2.79 bits per heavy atom. The highest BCUT2D eigenvalue weighted by Crippen LogP contribution is 2.36. The van der Waals surface area contributed by atoms with Gasteiger partial charge in [0.05, 0.1) is 30.8 Å². The van der Waals surface area contributed by atoms with Gasteiger partial charge < -0.3 is 24.8 Å². The predicted molar refractivity (Wildman–Crippen MR) is 160 cm³/mol. The Morgan fingerprint density at radius 1 is 1.19 bits per heavy atom. The molecule has 218 valence electrons. The molecule has 0 radical (unpaired) electrons. The Morgan fingerprint density at radius 2 is 2.02 bits per heavy atom. The fraction of sp³-hybridized carbons (Fsp3) is 0.438. The zero-order chi connectivity index (χ0) is 29.2. The minimum atomic E-state index is -1.01. The van der Waals surface area contributed by atoms with Crippen LogP contribution in [0.3, 0.4) is 0 Å². The molecule has 6 rings (SSSR count). The average molecular weight is 570 g/mol.